The molecular weight excluding hydrogens is 315 g/mol. The molecule has 3 N–H and O–H groups in total. The van der Waals surface area contributed by atoms with Gasteiger partial charge in [-0.05, 0) is 13.0 Å². The minimum absolute atomic E-state index is 0.0829. The molecule has 126 valence electrons. The summed E-state index contributed by atoms with van der Waals surface area (Å²) in [5.41, 5.74) is 0.446. The number of halogens is 3. The molecule has 7 nitrogen and oxygen atoms in total. The van der Waals surface area contributed by atoms with E-state index in [1.165, 1.54) is 0 Å². The highest BCUT2D eigenvalue weighted by Gasteiger charge is 2.31. The molecule has 1 atom stereocenters. The van der Waals surface area contributed by atoms with E-state index in [2.05, 4.69) is 25.5 Å². The SMILES string of the molecule is C[C@H](O)COCc1cc(CNc2ncc(C(F)(F)F)cn2)[nH]n1. The van der Waals surface area contributed by atoms with Crippen LogP contribution in [0.4, 0.5) is 19.1 Å². The van der Waals surface area contributed by atoms with Crippen molar-refractivity contribution in [3.8, 4) is 0 Å². The molecule has 0 spiro atoms. The fraction of sp³-hybridized carbons (Fsp3) is 0.462. The van der Waals surface area contributed by atoms with Crippen molar-refractivity contribution in [2.45, 2.75) is 32.4 Å². The third-order valence-electron chi connectivity index (χ3n) is 2.71. The first kappa shape index (κ1) is 17.2. The van der Waals surface area contributed by atoms with Crippen LogP contribution in [0.3, 0.4) is 0 Å². The van der Waals surface area contributed by atoms with E-state index in [1.807, 2.05) is 0 Å². The van der Waals surface area contributed by atoms with Crippen LogP contribution >= 0.6 is 0 Å². The van der Waals surface area contributed by atoms with Crippen LogP contribution in [0.1, 0.15) is 23.9 Å². The molecule has 0 amide bonds. The van der Waals surface area contributed by atoms with Gasteiger partial charge in [0.25, 0.3) is 0 Å². The van der Waals surface area contributed by atoms with Crippen LogP contribution in [0.5, 0.6) is 0 Å². The predicted molar refractivity (Wildman–Crippen MR) is 74.3 cm³/mol. The lowest BCUT2D eigenvalue weighted by atomic mass is 10.3. The van der Waals surface area contributed by atoms with Gasteiger partial charge in [0, 0.05) is 12.4 Å². The van der Waals surface area contributed by atoms with Gasteiger partial charge in [0.1, 0.15) is 0 Å². The minimum atomic E-state index is -4.46. The average Bonchev–Trinajstić information content (AvgIpc) is 2.92. The van der Waals surface area contributed by atoms with Crippen LogP contribution in [-0.2, 0) is 24.1 Å². The van der Waals surface area contributed by atoms with Crippen LogP contribution in [0.15, 0.2) is 18.5 Å². The smallest absolute Gasteiger partial charge is 0.391 e. The third kappa shape index (κ3) is 5.49. The number of aliphatic hydroxyl groups is 1. The average molecular weight is 331 g/mol. The van der Waals surface area contributed by atoms with E-state index in [1.54, 1.807) is 13.0 Å². The number of nitrogens with zero attached hydrogens (tertiary/aromatic N) is 3. The molecule has 0 radical (unpaired) electrons. The molecule has 2 aromatic heterocycles. The number of H-pyrrole nitrogens is 1. The fourth-order valence-electron chi connectivity index (χ4n) is 1.65. The first-order valence-corrected chi connectivity index (χ1v) is 6.76. The minimum Gasteiger partial charge on any atom is -0.391 e. The summed E-state index contributed by atoms with van der Waals surface area (Å²) >= 11 is 0. The Kier molecular flexibility index (Phi) is 5.50. The number of aliphatic hydroxyl groups excluding tert-OH is 1. The topological polar surface area (TPSA) is 96.0 Å². The van der Waals surface area contributed by atoms with Gasteiger partial charge in [0.2, 0.25) is 5.95 Å². The summed E-state index contributed by atoms with van der Waals surface area (Å²) in [4.78, 5) is 7.21. The second-order valence-electron chi connectivity index (χ2n) is 4.90. The van der Waals surface area contributed by atoms with E-state index < -0.39 is 17.8 Å². The van der Waals surface area contributed by atoms with E-state index in [9.17, 15) is 13.2 Å². The molecule has 0 aliphatic rings. The standard InChI is InChI=1S/C13H16F3N5O2/c1-8(22)6-23-7-11-2-10(20-21-11)5-19-12-17-3-9(4-18-12)13(14,15)16/h2-4,8,22H,5-7H2,1H3,(H,20,21)(H,17,18,19)/t8-/m0/s1. The van der Waals surface area contributed by atoms with Crippen molar-refractivity contribution in [1.29, 1.82) is 0 Å². The van der Waals surface area contributed by atoms with Crippen molar-refractivity contribution in [3.63, 3.8) is 0 Å². The van der Waals surface area contributed by atoms with E-state index in [0.29, 0.717) is 11.4 Å². The zero-order chi connectivity index (χ0) is 16.9. The first-order chi connectivity index (χ1) is 10.8. The first-order valence-electron chi connectivity index (χ1n) is 6.76. The molecule has 10 heteroatoms. The van der Waals surface area contributed by atoms with Gasteiger partial charge in [0.15, 0.2) is 0 Å². The molecule has 2 heterocycles. The molecular formula is C13H16F3N5O2. The molecule has 23 heavy (non-hydrogen) atoms. The highest BCUT2D eigenvalue weighted by molar-refractivity contribution is 5.27. The van der Waals surface area contributed by atoms with Crippen LogP contribution < -0.4 is 5.32 Å². The Morgan fingerprint density at radius 1 is 1.35 bits per heavy atom. The summed E-state index contributed by atoms with van der Waals surface area (Å²) in [5.74, 6) is 0.0829. The number of ether oxygens (including phenoxy) is 1. The molecule has 0 saturated carbocycles. The Hall–Kier alpha value is -2.20. The Morgan fingerprint density at radius 3 is 2.65 bits per heavy atom. The lowest BCUT2D eigenvalue weighted by Gasteiger charge is -2.06. The van der Waals surface area contributed by atoms with E-state index >= 15 is 0 Å². The van der Waals surface area contributed by atoms with Crippen molar-refractivity contribution in [3.05, 3.63) is 35.4 Å². The number of rotatable bonds is 7. The molecule has 0 aliphatic carbocycles. The summed E-state index contributed by atoms with van der Waals surface area (Å²) in [7, 11) is 0. The van der Waals surface area contributed by atoms with Crippen molar-refractivity contribution >= 4 is 5.95 Å². The number of anilines is 1. The van der Waals surface area contributed by atoms with Gasteiger partial charge in [-0.15, -0.1) is 0 Å². The summed E-state index contributed by atoms with van der Waals surface area (Å²) in [6.07, 6.45) is -3.56. The zero-order valence-electron chi connectivity index (χ0n) is 12.3. The maximum Gasteiger partial charge on any atom is 0.419 e. The summed E-state index contributed by atoms with van der Waals surface area (Å²) < 4.78 is 42.4. The van der Waals surface area contributed by atoms with Crippen LogP contribution in [0, 0.1) is 0 Å². The van der Waals surface area contributed by atoms with Gasteiger partial charge < -0.3 is 15.2 Å². The van der Waals surface area contributed by atoms with Gasteiger partial charge in [-0.2, -0.15) is 18.3 Å². The fourth-order valence-corrected chi connectivity index (χ4v) is 1.65. The Morgan fingerprint density at radius 2 is 2.04 bits per heavy atom. The van der Waals surface area contributed by atoms with Crippen LogP contribution in [0.2, 0.25) is 0 Å². The number of nitrogens with one attached hydrogen (secondary N) is 2. The van der Waals surface area contributed by atoms with Crippen molar-refractivity contribution < 1.29 is 23.0 Å². The summed E-state index contributed by atoms with van der Waals surface area (Å²) in [6, 6.07) is 1.74. The van der Waals surface area contributed by atoms with Crippen LogP contribution in [-0.4, -0.2) is 38.0 Å². The second-order valence-corrected chi connectivity index (χ2v) is 4.90. The predicted octanol–water partition coefficient (Wildman–Crippen LogP) is 1.73. The molecule has 2 aromatic rings. The number of aromatic nitrogens is 4. The maximum absolute atomic E-state index is 12.4. The number of hydrogen-bond donors (Lipinski definition) is 3. The van der Waals surface area contributed by atoms with Gasteiger partial charge in [0.05, 0.1) is 42.8 Å². The van der Waals surface area contributed by atoms with Crippen molar-refractivity contribution in [1.82, 2.24) is 20.2 Å². The van der Waals surface area contributed by atoms with E-state index in [0.717, 1.165) is 12.4 Å². The normalized spacial score (nSPS) is 13.1. The van der Waals surface area contributed by atoms with Gasteiger partial charge >= 0.3 is 6.18 Å². The summed E-state index contributed by atoms with van der Waals surface area (Å²) in [5, 5.41) is 18.6. The second kappa shape index (κ2) is 7.38. The monoisotopic (exact) mass is 331 g/mol. The Labute approximate surface area is 129 Å². The van der Waals surface area contributed by atoms with E-state index in [4.69, 9.17) is 9.84 Å². The number of aromatic amines is 1. The lowest BCUT2D eigenvalue weighted by Crippen LogP contribution is -2.10. The third-order valence-corrected chi connectivity index (χ3v) is 2.71. The number of alkyl halides is 3. The molecule has 0 bridgehead atoms. The van der Waals surface area contributed by atoms with E-state index in [-0.39, 0.29) is 25.7 Å². The van der Waals surface area contributed by atoms with Gasteiger partial charge in [-0.1, -0.05) is 0 Å². The molecule has 2 rings (SSSR count). The lowest BCUT2D eigenvalue weighted by molar-refractivity contribution is -0.138. The quantitative estimate of drug-likeness (QED) is 0.715. The summed E-state index contributed by atoms with van der Waals surface area (Å²) in [6.45, 7) is 2.34. The molecule has 0 aliphatic heterocycles. The number of hydrogen-bond acceptors (Lipinski definition) is 6. The highest BCUT2D eigenvalue weighted by Crippen LogP contribution is 2.27. The van der Waals surface area contributed by atoms with Crippen molar-refractivity contribution in [2.24, 2.45) is 0 Å². The van der Waals surface area contributed by atoms with Crippen molar-refractivity contribution in [2.75, 3.05) is 11.9 Å². The van der Waals surface area contributed by atoms with Gasteiger partial charge in [-0.25, -0.2) is 9.97 Å². The zero-order valence-corrected chi connectivity index (χ0v) is 12.3. The molecule has 0 fully saturated rings. The Balaban J connectivity index is 1.83. The maximum atomic E-state index is 12.4. The Bertz CT molecular complexity index is 613. The highest BCUT2D eigenvalue weighted by atomic mass is 19.4. The van der Waals surface area contributed by atoms with Crippen LogP contribution in [0.25, 0.3) is 0 Å². The molecule has 0 aromatic carbocycles. The largest absolute Gasteiger partial charge is 0.419 e. The molecule has 0 unspecified atom stereocenters. The van der Waals surface area contributed by atoms with Gasteiger partial charge in [-0.3, -0.25) is 5.10 Å². The molecule has 0 saturated heterocycles.